The number of pyridine rings is 1. The Labute approximate surface area is 202 Å². The standard InChI is InChI=1S/C29H34N2O3/c1-33-25-11-9-24(10-12-25)29(14-19-34-20-15-29)28(32)31-17-4-5-22(13-18-31)21-23-6-2-8-27-26(23)7-3-16-30-27/h2-3,6-12,16,22H,4-5,13-15,17-21H2,1H3. The van der Waals surface area contributed by atoms with Crippen molar-refractivity contribution in [3.8, 4) is 5.75 Å². The van der Waals surface area contributed by atoms with Crippen molar-refractivity contribution in [1.82, 2.24) is 9.88 Å². The van der Waals surface area contributed by atoms with Crippen LogP contribution in [0.2, 0.25) is 0 Å². The molecule has 0 saturated carbocycles. The number of hydrogen-bond acceptors (Lipinski definition) is 4. The van der Waals surface area contributed by atoms with Gasteiger partial charge >= 0.3 is 0 Å². The van der Waals surface area contributed by atoms with Crippen LogP contribution in [0.3, 0.4) is 0 Å². The van der Waals surface area contributed by atoms with E-state index in [9.17, 15) is 4.79 Å². The zero-order valence-electron chi connectivity index (χ0n) is 20.0. The van der Waals surface area contributed by atoms with Gasteiger partial charge in [-0.1, -0.05) is 30.3 Å². The highest BCUT2D eigenvalue weighted by Gasteiger charge is 2.44. The summed E-state index contributed by atoms with van der Waals surface area (Å²) < 4.78 is 11.0. The summed E-state index contributed by atoms with van der Waals surface area (Å²) >= 11 is 0. The molecule has 1 unspecified atom stereocenters. The number of benzene rings is 2. The second-order valence-electron chi connectivity index (χ2n) is 9.70. The molecule has 5 rings (SSSR count). The molecular weight excluding hydrogens is 424 g/mol. The van der Waals surface area contributed by atoms with E-state index in [1.54, 1.807) is 7.11 Å². The van der Waals surface area contributed by atoms with Crippen LogP contribution in [0.25, 0.3) is 10.9 Å². The van der Waals surface area contributed by atoms with E-state index in [2.05, 4.69) is 46.3 Å². The number of fused-ring (bicyclic) bond motifs is 1. The molecule has 1 amide bonds. The fraction of sp³-hybridized carbons (Fsp3) is 0.448. The molecule has 3 heterocycles. The first-order valence-electron chi connectivity index (χ1n) is 12.5. The maximum atomic E-state index is 14.1. The maximum Gasteiger partial charge on any atom is 0.233 e. The molecule has 3 aromatic rings. The summed E-state index contributed by atoms with van der Waals surface area (Å²) in [6.07, 6.45) is 7.62. The monoisotopic (exact) mass is 458 g/mol. The number of ether oxygens (including phenoxy) is 2. The number of hydrogen-bond donors (Lipinski definition) is 0. The van der Waals surface area contributed by atoms with Crippen LogP contribution in [0.4, 0.5) is 0 Å². The van der Waals surface area contributed by atoms with Gasteiger partial charge in [0.25, 0.3) is 0 Å². The Kier molecular flexibility index (Phi) is 6.82. The number of amides is 1. The van der Waals surface area contributed by atoms with Crippen molar-refractivity contribution < 1.29 is 14.3 Å². The van der Waals surface area contributed by atoms with E-state index in [1.807, 2.05) is 24.4 Å². The maximum absolute atomic E-state index is 14.1. The first-order chi connectivity index (χ1) is 16.7. The van der Waals surface area contributed by atoms with Crippen LogP contribution in [0.15, 0.2) is 60.8 Å². The van der Waals surface area contributed by atoms with Crippen molar-refractivity contribution in [2.45, 2.75) is 43.9 Å². The normalized spacial score (nSPS) is 20.6. The molecule has 34 heavy (non-hydrogen) atoms. The van der Waals surface area contributed by atoms with Crippen molar-refractivity contribution in [3.05, 3.63) is 71.9 Å². The summed E-state index contributed by atoms with van der Waals surface area (Å²) in [5.41, 5.74) is 3.03. The van der Waals surface area contributed by atoms with Crippen LogP contribution in [-0.4, -0.2) is 49.2 Å². The SMILES string of the molecule is COc1ccc(C2(C(=O)N3CCCC(Cc4cccc5ncccc45)CC3)CCOCC2)cc1. The number of likely N-dealkylation sites (tertiary alicyclic amines) is 1. The third-order valence-corrected chi connectivity index (χ3v) is 7.78. The van der Waals surface area contributed by atoms with Crippen molar-refractivity contribution >= 4 is 16.8 Å². The molecule has 0 N–H and O–H groups in total. The van der Waals surface area contributed by atoms with E-state index >= 15 is 0 Å². The number of aromatic nitrogens is 1. The lowest BCUT2D eigenvalue weighted by atomic mass is 9.73. The van der Waals surface area contributed by atoms with E-state index in [1.165, 1.54) is 10.9 Å². The Balaban J connectivity index is 1.32. The van der Waals surface area contributed by atoms with Gasteiger partial charge in [-0.2, -0.15) is 0 Å². The van der Waals surface area contributed by atoms with Gasteiger partial charge in [-0.3, -0.25) is 9.78 Å². The molecule has 2 aromatic carbocycles. The highest BCUT2D eigenvalue weighted by Crippen LogP contribution is 2.38. The smallest absolute Gasteiger partial charge is 0.233 e. The van der Waals surface area contributed by atoms with E-state index in [0.717, 1.165) is 68.4 Å². The van der Waals surface area contributed by atoms with Gasteiger partial charge in [0, 0.05) is 37.9 Å². The third-order valence-electron chi connectivity index (χ3n) is 7.78. The van der Waals surface area contributed by atoms with E-state index < -0.39 is 5.41 Å². The van der Waals surface area contributed by atoms with Gasteiger partial charge in [-0.05, 0) is 79.8 Å². The average Bonchev–Trinajstić information content (AvgIpc) is 3.14. The second-order valence-corrected chi connectivity index (χ2v) is 9.70. The molecular formula is C29H34N2O3. The first-order valence-corrected chi connectivity index (χ1v) is 12.5. The summed E-state index contributed by atoms with van der Waals surface area (Å²) in [6, 6.07) is 18.7. The Morgan fingerprint density at radius 1 is 1.06 bits per heavy atom. The Morgan fingerprint density at radius 3 is 2.68 bits per heavy atom. The Bertz CT molecular complexity index is 1120. The van der Waals surface area contributed by atoms with E-state index in [-0.39, 0.29) is 5.91 Å². The topological polar surface area (TPSA) is 51.7 Å². The summed E-state index contributed by atoms with van der Waals surface area (Å²) in [5.74, 6) is 1.67. The van der Waals surface area contributed by atoms with Crippen LogP contribution in [-0.2, 0) is 21.4 Å². The Hall–Kier alpha value is -2.92. The first kappa shape index (κ1) is 22.9. The van der Waals surface area contributed by atoms with Gasteiger partial charge in [0.2, 0.25) is 5.91 Å². The summed E-state index contributed by atoms with van der Waals surface area (Å²) in [6.45, 7) is 2.92. The zero-order valence-corrected chi connectivity index (χ0v) is 20.0. The lowest BCUT2D eigenvalue weighted by Crippen LogP contribution is -2.50. The number of methoxy groups -OCH3 is 1. The largest absolute Gasteiger partial charge is 0.497 e. The van der Waals surface area contributed by atoms with Crippen LogP contribution in [0.5, 0.6) is 5.75 Å². The average molecular weight is 459 g/mol. The van der Waals surface area contributed by atoms with E-state index in [0.29, 0.717) is 19.1 Å². The minimum Gasteiger partial charge on any atom is -0.497 e. The number of rotatable bonds is 5. The number of nitrogens with zero attached hydrogens (tertiary/aromatic N) is 2. The minimum atomic E-state index is -0.494. The molecule has 5 nitrogen and oxygen atoms in total. The molecule has 1 atom stereocenters. The van der Waals surface area contributed by atoms with Gasteiger partial charge in [-0.25, -0.2) is 0 Å². The molecule has 178 valence electrons. The molecule has 0 radical (unpaired) electrons. The quantitative estimate of drug-likeness (QED) is 0.530. The summed E-state index contributed by atoms with van der Waals surface area (Å²) in [4.78, 5) is 20.7. The lowest BCUT2D eigenvalue weighted by Gasteiger charge is -2.40. The molecule has 2 aliphatic rings. The number of carbonyl (C=O) groups excluding carboxylic acids is 1. The second kappa shape index (κ2) is 10.1. The van der Waals surface area contributed by atoms with Crippen LogP contribution in [0, 0.1) is 5.92 Å². The van der Waals surface area contributed by atoms with Gasteiger partial charge < -0.3 is 14.4 Å². The predicted molar refractivity (Wildman–Crippen MR) is 134 cm³/mol. The molecule has 2 fully saturated rings. The van der Waals surface area contributed by atoms with Crippen molar-refractivity contribution in [3.63, 3.8) is 0 Å². The van der Waals surface area contributed by atoms with Gasteiger partial charge in [0.1, 0.15) is 5.75 Å². The van der Waals surface area contributed by atoms with Gasteiger partial charge in [0.15, 0.2) is 0 Å². The van der Waals surface area contributed by atoms with Crippen LogP contribution < -0.4 is 4.74 Å². The van der Waals surface area contributed by atoms with Gasteiger partial charge in [0.05, 0.1) is 18.0 Å². The van der Waals surface area contributed by atoms with Gasteiger partial charge in [-0.15, -0.1) is 0 Å². The molecule has 2 saturated heterocycles. The molecule has 2 aliphatic heterocycles. The highest BCUT2D eigenvalue weighted by molar-refractivity contribution is 5.88. The fourth-order valence-electron chi connectivity index (χ4n) is 5.79. The highest BCUT2D eigenvalue weighted by atomic mass is 16.5. The molecule has 0 bridgehead atoms. The zero-order chi connectivity index (χ0) is 23.4. The van der Waals surface area contributed by atoms with Crippen molar-refractivity contribution in [2.75, 3.05) is 33.4 Å². The summed E-state index contributed by atoms with van der Waals surface area (Å²) in [7, 11) is 1.67. The van der Waals surface area contributed by atoms with Crippen LogP contribution >= 0.6 is 0 Å². The fourth-order valence-corrected chi connectivity index (χ4v) is 5.79. The number of carbonyl (C=O) groups is 1. The van der Waals surface area contributed by atoms with Crippen LogP contribution in [0.1, 0.15) is 43.2 Å². The van der Waals surface area contributed by atoms with E-state index in [4.69, 9.17) is 9.47 Å². The molecule has 0 aliphatic carbocycles. The molecule has 5 heteroatoms. The lowest BCUT2D eigenvalue weighted by molar-refractivity contribution is -0.141. The molecule has 1 aromatic heterocycles. The van der Waals surface area contributed by atoms with Crippen molar-refractivity contribution in [2.24, 2.45) is 5.92 Å². The summed E-state index contributed by atoms with van der Waals surface area (Å²) in [5, 5.41) is 1.25. The van der Waals surface area contributed by atoms with Crippen molar-refractivity contribution in [1.29, 1.82) is 0 Å². The molecule has 0 spiro atoms. The minimum absolute atomic E-state index is 0.274. The predicted octanol–water partition coefficient (Wildman–Crippen LogP) is 5.16. The third kappa shape index (κ3) is 4.54. The Morgan fingerprint density at radius 2 is 1.88 bits per heavy atom.